The molecule has 6 heteroatoms. The van der Waals surface area contributed by atoms with E-state index >= 15 is 0 Å². The van der Waals surface area contributed by atoms with Gasteiger partial charge in [0.15, 0.2) is 0 Å². The van der Waals surface area contributed by atoms with Gasteiger partial charge in [0.05, 0.1) is 12.1 Å². The van der Waals surface area contributed by atoms with Crippen LogP contribution in [0.25, 0.3) is 10.6 Å². The van der Waals surface area contributed by atoms with Gasteiger partial charge < -0.3 is 5.32 Å². The maximum atomic E-state index is 12.1. The van der Waals surface area contributed by atoms with E-state index in [1.54, 1.807) is 36.1 Å². The Hall–Kier alpha value is -2.60. The summed E-state index contributed by atoms with van der Waals surface area (Å²) in [6.07, 6.45) is 7.29. The van der Waals surface area contributed by atoms with Gasteiger partial charge in [-0.05, 0) is 30.7 Å². The lowest BCUT2D eigenvalue weighted by atomic mass is 10.2. The van der Waals surface area contributed by atoms with Crippen LogP contribution in [-0.4, -0.2) is 20.9 Å². The Balaban J connectivity index is 1.64. The van der Waals surface area contributed by atoms with Crippen LogP contribution < -0.4 is 5.32 Å². The third kappa shape index (κ3) is 3.98. The van der Waals surface area contributed by atoms with Crippen LogP contribution in [0.4, 0.5) is 0 Å². The lowest BCUT2D eigenvalue weighted by molar-refractivity contribution is -0.120. The number of hydrogen-bond donors (Lipinski definition) is 1. The zero-order valence-corrected chi connectivity index (χ0v) is 13.5. The first kappa shape index (κ1) is 15.3. The molecule has 0 radical (unpaired) electrons. The van der Waals surface area contributed by atoms with Gasteiger partial charge in [0.25, 0.3) is 0 Å². The molecule has 5 nitrogen and oxygen atoms in total. The van der Waals surface area contributed by atoms with Crippen LogP contribution in [0, 0.1) is 6.92 Å². The van der Waals surface area contributed by atoms with E-state index < -0.39 is 0 Å². The summed E-state index contributed by atoms with van der Waals surface area (Å²) < 4.78 is 0. The number of carbonyl (C=O) groups is 1. The van der Waals surface area contributed by atoms with Gasteiger partial charge in [-0.15, -0.1) is 11.3 Å². The third-order valence-electron chi connectivity index (χ3n) is 3.35. The van der Waals surface area contributed by atoms with E-state index in [1.165, 1.54) is 0 Å². The summed E-state index contributed by atoms with van der Waals surface area (Å²) >= 11 is 1.55. The zero-order valence-electron chi connectivity index (χ0n) is 12.7. The summed E-state index contributed by atoms with van der Waals surface area (Å²) in [6.45, 7) is 2.42. The van der Waals surface area contributed by atoms with E-state index in [2.05, 4.69) is 20.3 Å². The fourth-order valence-corrected chi connectivity index (χ4v) is 3.19. The number of nitrogens with one attached hydrogen (secondary N) is 1. The third-order valence-corrected chi connectivity index (χ3v) is 4.56. The highest BCUT2D eigenvalue weighted by Gasteiger charge is 2.12. The molecule has 0 unspecified atom stereocenters. The van der Waals surface area contributed by atoms with Crippen molar-refractivity contribution in [3.63, 3.8) is 0 Å². The molecule has 3 aromatic heterocycles. The lowest BCUT2D eigenvalue weighted by Gasteiger charge is -2.04. The van der Waals surface area contributed by atoms with E-state index in [-0.39, 0.29) is 5.91 Å². The zero-order chi connectivity index (χ0) is 16.1. The fraction of sp³-hybridized carbons (Fsp3) is 0.176. The minimum absolute atomic E-state index is 0.0121. The van der Waals surface area contributed by atoms with Crippen molar-refractivity contribution >= 4 is 17.2 Å². The van der Waals surface area contributed by atoms with Crippen molar-refractivity contribution in [2.45, 2.75) is 19.9 Å². The molecule has 0 fully saturated rings. The topological polar surface area (TPSA) is 67.8 Å². The average Bonchev–Trinajstić information content (AvgIpc) is 2.95. The molecular formula is C17H16N4OS. The molecule has 0 aliphatic rings. The van der Waals surface area contributed by atoms with Gasteiger partial charge in [-0.25, -0.2) is 4.98 Å². The van der Waals surface area contributed by atoms with Crippen LogP contribution in [0.15, 0.2) is 49.1 Å². The van der Waals surface area contributed by atoms with E-state index in [1.807, 2.05) is 31.2 Å². The minimum Gasteiger partial charge on any atom is -0.352 e. The SMILES string of the molecule is Cc1nc(-c2ccncc2)sc1CC(=O)NCc1cccnc1. The summed E-state index contributed by atoms with van der Waals surface area (Å²) in [4.78, 5) is 25.7. The molecule has 0 saturated heterocycles. The Labute approximate surface area is 138 Å². The Kier molecular flexibility index (Phi) is 4.73. The number of hydrogen-bond acceptors (Lipinski definition) is 5. The summed E-state index contributed by atoms with van der Waals surface area (Å²) in [5.74, 6) is -0.0121. The average molecular weight is 324 g/mol. The highest BCUT2D eigenvalue weighted by Crippen LogP contribution is 2.27. The largest absolute Gasteiger partial charge is 0.352 e. The molecule has 23 heavy (non-hydrogen) atoms. The van der Waals surface area contributed by atoms with Crippen LogP contribution in [0.3, 0.4) is 0 Å². The van der Waals surface area contributed by atoms with Crippen molar-refractivity contribution in [2.24, 2.45) is 0 Å². The second kappa shape index (κ2) is 7.11. The second-order valence-electron chi connectivity index (χ2n) is 5.08. The Morgan fingerprint density at radius 3 is 2.74 bits per heavy atom. The lowest BCUT2D eigenvalue weighted by Crippen LogP contribution is -2.24. The first-order chi connectivity index (χ1) is 11.2. The molecule has 0 aliphatic heterocycles. The molecule has 0 bridgehead atoms. The molecule has 0 aliphatic carbocycles. The fourth-order valence-electron chi connectivity index (χ4n) is 2.12. The number of aryl methyl sites for hydroxylation is 1. The Morgan fingerprint density at radius 1 is 1.17 bits per heavy atom. The van der Waals surface area contributed by atoms with Gasteiger partial charge in [-0.2, -0.15) is 0 Å². The summed E-state index contributed by atoms with van der Waals surface area (Å²) in [5, 5.41) is 3.83. The number of thiazole rings is 1. The maximum Gasteiger partial charge on any atom is 0.225 e. The first-order valence-corrected chi connectivity index (χ1v) is 8.06. The predicted molar refractivity (Wildman–Crippen MR) is 89.9 cm³/mol. The van der Waals surface area contributed by atoms with Crippen LogP contribution >= 0.6 is 11.3 Å². The summed E-state index contributed by atoms with van der Waals surface area (Å²) in [5.41, 5.74) is 2.91. The van der Waals surface area contributed by atoms with Crippen LogP contribution in [0.1, 0.15) is 16.1 Å². The number of aromatic nitrogens is 3. The van der Waals surface area contributed by atoms with Gasteiger partial charge in [0.2, 0.25) is 5.91 Å². The van der Waals surface area contributed by atoms with E-state index in [0.717, 1.165) is 26.7 Å². The van der Waals surface area contributed by atoms with Crippen LogP contribution in [0.5, 0.6) is 0 Å². The van der Waals surface area contributed by atoms with E-state index in [0.29, 0.717) is 13.0 Å². The number of amides is 1. The first-order valence-electron chi connectivity index (χ1n) is 7.24. The molecule has 0 atom stereocenters. The maximum absolute atomic E-state index is 12.1. The highest BCUT2D eigenvalue weighted by atomic mass is 32.1. The number of carbonyl (C=O) groups excluding carboxylic acids is 1. The quantitative estimate of drug-likeness (QED) is 0.783. The molecule has 3 heterocycles. The Morgan fingerprint density at radius 2 is 2.00 bits per heavy atom. The molecule has 3 rings (SSSR count). The van der Waals surface area contributed by atoms with Crippen molar-refractivity contribution in [2.75, 3.05) is 0 Å². The monoisotopic (exact) mass is 324 g/mol. The van der Waals surface area contributed by atoms with Gasteiger partial charge in [-0.1, -0.05) is 6.07 Å². The molecule has 0 aromatic carbocycles. The highest BCUT2D eigenvalue weighted by molar-refractivity contribution is 7.15. The van der Waals surface area contributed by atoms with Crippen molar-refractivity contribution in [3.8, 4) is 10.6 Å². The van der Waals surface area contributed by atoms with Crippen LogP contribution in [-0.2, 0) is 17.8 Å². The van der Waals surface area contributed by atoms with E-state index in [9.17, 15) is 4.79 Å². The summed E-state index contributed by atoms with van der Waals surface area (Å²) in [6, 6.07) is 7.64. The number of nitrogens with zero attached hydrogens (tertiary/aromatic N) is 3. The number of rotatable bonds is 5. The molecule has 1 N–H and O–H groups in total. The molecule has 0 spiro atoms. The normalized spacial score (nSPS) is 10.5. The second-order valence-corrected chi connectivity index (χ2v) is 6.16. The Bertz CT molecular complexity index is 787. The van der Waals surface area contributed by atoms with Crippen molar-refractivity contribution < 1.29 is 4.79 Å². The van der Waals surface area contributed by atoms with Crippen molar-refractivity contribution in [3.05, 3.63) is 65.2 Å². The van der Waals surface area contributed by atoms with Gasteiger partial charge in [0.1, 0.15) is 5.01 Å². The molecular weight excluding hydrogens is 308 g/mol. The predicted octanol–water partition coefficient (Wildman–Crippen LogP) is 2.77. The molecule has 0 saturated carbocycles. The van der Waals surface area contributed by atoms with Crippen LogP contribution in [0.2, 0.25) is 0 Å². The van der Waals surface area contributed by atoms with Gasteiger partial charge in [0, 0.05) is 41.8 Å². The summed E-state index contributed by atoms with van der Waals surface area (Å²) in [7, 11) is 0. The smallest absolute Gasteiger partial charge is 0.225 e. The minimum atomic E-state index is -0.0121. The van der Waals surface area contributed by atoms with Gasteiger partial charge in [-0.3, -0.25) is 14.8 Å². The molecule has 3 aromatic rings. The number of pyridine rings is 2. The van der Waals surface area contributed by atoms with E-state index in [4.69, 9.17) is 0 Å². The molecule has 116 valence electrons. The van der Waals surface area contributed by atoms with Crippen molar-refractivity contribution in [1.29, 1.82) is 0 Å². The van der Waals surface area contributed by atoms with Gasteiger partial charge >= 0.3 is 0 Å². The molecule has 1 amide bonds. The standard InChI is InChI=1S/C17H16N4OS/c1-12-15(23-17(21-12)14-4-7-18-8-5-14)9-16(22)20-11-13-3-2-6-19-10-13/h2-8,10H,9,11H2,1H3,(H,20,22). The van der Waals surface area contributed by atoms with Crippen molar-refractivity contribution in [1.82, 2.24) is 20.3 Å².